The van der Waals surface area contributed by atoms with Crippen LogP contribution >= 0.6 is 0 Å². The fourth-order valence-corrected chi connectivity index (χ4v) is 1.22. The highest BCUT2D eigenvalue weighted by atomic mass is 19.1. The van der Waals surface area contributed by atoms with Gasteiger partial charge in [0.1, 0.15) is 6.29 Å². The summed E-state index contributed by atoms with van der Waals surface area (Å²) in [5.41, 5.74) is 0.213. The maximum Gasteiger partial charge on any atom is 0.344 e. The van der Waals surface area contributed by atoms with Crippen molar-refractivity contribution in [3.05, 3.63) is 29.6 Å². The molecule has 0 spiro atoms. The zero-order valence-electron chi connectivity index (χ0n) is 10.1. The molecule has 0 amide bonds. The summed E-state index contributed by atoms with van der Waals surface area (Å²) in [5, 5.41) is 0. The van der Waals surface area contributed by atoms with Crippen LogP contribution in [0.1, 0.15) is 30.1 Å². The number of hydrogen-bond donors (Lipinski definition) is 0. The van der Waals surface area contributed by atoms with Crippen LogP contribution in [0.3, 0.4) is 0 Å². The molecule has 0 heterocycles. The standard InChI is InChI=1S/C13H15FO4/c1-2-3-6-17-13(16)9-18-12-5-4-10(8-15)7-11(12)14/h4-5,7-8H,2-3,6,9H2,1H3. The molecule has 0 aliphatic rings. The van der Waals surface area contributed by atoms with Crippen LogP contribution < -0.4 is 4.74 Å². The van der Waals surface area contributed by atoms with Crippen molar-refractivity contribution in [2.75, 3.05) is 13.2 Å². The smallest absolute Gasteiger partial charge is 0.344 e. The number of aldehydes is 1. The lowest BCUT2D eigenvalue weighted by Crippen LogP contribution is -2.16. The van der Waals surface area contributed by atoms with Gasteiger partial charge in [-0.15, -0.1) is 0 Å². The second-order valence-corrected chi connectivity index (χ2v) is 3.67. The van der Waals surface area contributed by atoms with Crippen LogP contribution in [0.15, 0.2) is 18.2 Å². The van der Waals surface area contributed by atoms with E-state index in [0.29, 0.717) is 12.9 Å². The topological polar surface area (TPSA) is 52.6 Å². The summed E-state index contributed by atoms with van der Waals surface area (Å²) in [5.74, 6) is -1.30. The van der Waals surface area contributed by atoms with Gasteiger partial charge in [0.05, 0.1) is 6.61 Å². The molecule has 0 saturated heterocycles. The van der Waals surface area contributed by atoms with E-state index in [0.717, 1.165) is 18.9 Å². The Morgan fingerprint density at radius 1 is 1.44 bits per heavy atom. The molecular weight excluding hydrogens is 239 g/mol. The van der Waals surface area contributed by atoms with Gasteiger partial charge >= 0.3 is 5.97 Å². The van der Waals surface area contributed by atoms with E-state index < -0.39 is 11.8 Å². The molecular formula is C13H15FO4. The Hall–Kier alpha value is -1.91. The molecule has 4 nitrogen and oxygen atoms in total. The van der Waals surface area contributed by atoms with E-state index >= 15 is 0 Å². The van der Waals surface area contributed by atoms with Crippen LogP contribution in [0.2, 0.25) is 0 Å². The van der Waals surface area contributed by atoms with Crippen molar-refractivity contribution in [1.82, 2.24) is 0 Å². The Bertz CT molecular complexity index is 417. The Kier molecular flexibility index (Phi) is 5.84. The molecule has 0 fully saturated rings. The van der Waals surface area contributed by atoms with Gasteiger partial charge in [-0.25, -0.2) is 9.18 Å². The lowest BCUT2D eigenvalue weighted by atomic mass is 10.2. The Balaban J connectivity index is 2.43. The maximum absolute atomic E-state index is 13.4. The van der Waals surface area contributed by atoms with Crippen molar-refractivity contribution >= 4 is 12.3 Å². The van der Waals surface area contributed by atoms with Crippen molar-refractivity contribution in [2.45, 2.75) is 19.8 Å². The molecule has 0 aliphatic heterocycles. The maximum atomic E-state index is 13.4. The normalized spacial score (nSPS) is 9.89. The van der Waals surface area contributed by atoms with Gasteiger partial charge in [-0.05, 0) is 24.6 Å². The molecule has 1 aromatic rings. The molecule has 1 aromatic carbocycles. The summed E-state index contributed by atoms with van der Waals surface area (Å²) in [4.78, 5) is 21.6. The van der Waals surface area contributed by atoms with Crippen LogP contribution in [-0.2, 0) is 9.53 Å². The van der Waals surface area contributed by atoms with Crippen LogP contribution in [0.5, 0.6) is 5.75 Å². The van der Waals surface area contributed by atoms with Crippen LogP contribution in [0.4, 0.5) is 4.39 Å². The van der Waals surface area contributed by atoms with Gasteiger partial charge < -0.3 is 9.47 Å². The van der Waals surface area contributed by atoms with Crippen molar-refractivity contribution in [1.29, 1.82) is 0 Å². The van der Waals surface area contributed by atoms with Gasteiger partial charge in [0.2, 0.25) is 0 Å². The first-order chi connectivity index (χ1) is 8.67. The number of ether oxygens (including phenoxy) is 2. The third kappa shape index (κ3) is 4.53. The number of rotatable bonds is 7. The molecule has 1 rings (SSSR count). The molecule has 18 heavy (non-hydrogen) atoms. The summed E-state index contributed by atoms with van der Waals surface area (Å²) in [6.45, 7) is 1.97. The molecule has 0 aromatic heterocycles. The molecule has 5 heteroatoms. The van der Waals surface area contributed by atoms with E-state index in [1.54, 1.807) is 0 Å². The highest BCUT2D eigenvalue weighted by molar-refractivity contribution is 5.75. The largest absolute Gasteiger partial charge is 0.479 e. The predicted octanol–water partition coefficient (Wildman–Crippen LogP) is 2.36. The third-order valence-electron chi connectivity index (χ3n) is 2.20. The van der Waals surface area contributed by atoms with Crippen molar-refractivity contribution in [3.8, 4) is 5.75 Å². The minimum absolute atomic E-state index is 0.0759. The first kappa shape index (κ1) is 14.2. The van der Waals surface area contributed by atoms with Crippen LogP contribution in [0, 0.1) is 5.82 Å². The average molecular weight is 254 g/mol. The van der Waals surface area contributed by atoms with E-state index in [1.807, 2.05) is 6.92 Å². The third-order valence-corrected chi connectivity index (χ3v) is 2.20. The van der Waals surface area contributed by atoms with Gasteiger partial charge in [0, 0.05) is 5.56 Å². The van der Waals surface area contributed by atoms with Crippen LogP contribution in [0.25, 0.3) is 0 Å². The van der Waals surface area contributed by atoms with E-state index in [2.05, 4.69) is 0 Å². The van der Waals surface area contributed by atoms with E-state index in [-0.39, 0.29) is 17.9 Å². The lowest BCUT2D eigenvalue weighted by molar-refractivity contribution is -0.146. The number of unbranched alkanes of at least 4 members (excludes halogenated alkanes) is 1. The van der Waals surface area contributed by atoms with Gasteiger partial charge in [0.15, 0.2) is 18.2 Å². The number of halogens is 1. The number of hydrogen-bond acceptors (Lipinski definition) is 4. The molecule has 0 N–H and O–H groups in total. The minimum atomic E-state index is -0.680. The molecule has 0 atom stereocenters. The fraction of sp³-hybridized carbons (Fsp3) is 0.385. The Labute approximate surface area is 105 Å². The Morgan fingerprint density at radius 2 is 2.22 bits per heavy atom. The fourth-order valence-electron chi connectivity index (χ4n) is 1.22. The second-order valence-electron chi connectivity index (χ2n) is 3.67. The first-order valence-corrected chi connectivity index (χ1v) is 5.70. The highest BCUT2D eigenvalue weighted by Crippen LogP contribution is 2.17. The number of carbonyl (C=O) groups excluding carboxylic acids is 2. The van der Waals surface area contributed by atoms with E-state index in [9.17, 15) is 14.0 Å². The summed E-state index contributed by atoms with van der Waals surface area (Å²) in [6, 6.07) is 3.76. The molecule has 0 bridgehead atoms. The first-order valence-electron chi connectivity index (χ1n) is 5.70. The van der Waals surface area contributed by atoms with Gasteiger partial charge in [-0.3, -0.25) is 4.79 Å². The molecule has 0 saturated carbocycles. The summed E-state index contributed by atoms with van der Waals surface area (Å²) < 4.78 is 23.2. The molecule has 0 radical (unpaired) electrons. The SMILES string of the molecule is CCCCOC(=O)COc1ccc(C=O)cc1F. The Morgan fingerprint density at radius 3 is 2.83 bits per heavy atom. The monoisotopic (exact) mass is 254 g/mol. The zero-order chi connectivity index (χ0) is 13.4. The summed E-state index contributed by atoms with van der Waals surface area (Å²) in [6.07, 6.45) is 2.25. The summed E-state index contributed by atoms with van der Waals surface area (Å²) in [7, 11) is 0. The van der Waals surface area contributed by atoms with Gasteiger partial charge in [-0.1, -0.05) is 13.3 Å². The van der Waals surface area contributed by atoms with Crippen molar-refractivity contribution < 1.29 is 23.5 Å². The van der Waals surface area contributed by atoms with Crippen molar-refractivity contribution in [2.24, 2.45) is 0 Å². The van der Waals surface area contributed by atoms with Crippen molar-refractivity contribution in [3.63, 3.8) is 0 Å². The number of benzene rings is 1. The minimum Gasteiger partial charge on any atom is -0.479 e. The molecule has 0 aliphatic carbocycles. The zero-order valence-corrected chi connectivity index (χ0v) is 10.1. The molecule has 98 valence electrons. The second kappa shape index (κ2) is 7.42. The lowest BCUT2D eigenvalue weighted by Gasteiger charge is -2.07. The number of esters is 1. The predicted molar refractivity (Wildman–Crippen MR) is 63.1 cm³/mol. The van der Waals surface area contributed by atoms with Gasteiger partial charge in [0.25, 0.3) is 0 Å². The number of carbonyl (C=O) groups is 2. The highest BCUT2D eigenvalue weighted by Gasteiger charge is 2.08. The van der Waals surface area contributed by atoms with E-state index in [4.69, 9.17) is 9.47 Å². The van der Waals surface area contributed by atoms with E-state index in [1.165, 1.54) is 12.1 Å². The summed E-state index contributed by atoms with van der Waals surface area (Å²) >= 11 is 0. The molecule has 0 unspecified atom stereocenters. The van der Waals surface area contributed by atoms with Crippen LogP contribution in [-0.4, -0.2) is 25.5 Å². The average Bonchev–Trinajstić information content (AvgIpc) is 2.37. The quantitative estimate of drug-likeness (QED) is 0.426. The van der Waals surface area contributed by atoms with Gasteiger partial charge in [-0.2, -0.15) is 0 Å².